The molecule has 1 saturated heterocycles. The molecule has 0 bridgehead atoms. The standard InChI is InChI=1S/C9H17NO.C2H6/c1-8(2)10-6-3-4-9(11)5-7-10;1-2/h8H,3-7H2,1-2H3;1-2H3. The summed E-state index contributed by atoms with van der Waals surface area (Å²) in [7, 11) is 0. The van der Waals surface area contributed by atoms with E-state index in [1.807, 2.05) is 13.8 Å². The van der Waals surface area contributed by atoms with Crippen LogP contribution in [0, 0.1) is 0 Å². The Morgan fingerprint density at radius 3 is 2.31 bits per heavy atom. The van der Waals surface area contributed by atoms with Crippen LogP contribution in [-0.2, 0) is 4.79 Å². The highest BCUT2D eigenvalue weighted by Gasteiger charge is 2.15. The summed E-state index contributed by atoms with van der Waals surface area (Å²) in [5.41, 5.74) is 0. The molecule has 1 fully saturated rings. The van der Waals surface area contributed by atoms with E-state index in [0.717, 1.165) is 32.4 Å². The van der Waals surface area contributed by atoms with Crippen molar-refractivity contribution < 1.29 is 4.79 Å². The lowest BCUT2D eigenvalue weighted by Gasteiger charge is -2.23. The number of hydrogen-bond acceptors (Lipinski definition) is 2. The van der Waals surface area contributed by atoms with Crippen LogP contribution in [0.5, 0.6) is 0 Å². The lowest BCUT2D eigenvalue weighted by atomic mass is 10.2. The Balaban J connectivity index is 0.000000671. The molecule has 0 amide bonds. The van der Waals surface area contributed by atoms with Crippen LogP contribution in [-0.4, -0.2) is 29.8 Å². The summed E-state index contributed by atoms with van der Waals surface area (Å²) >= 11 is 0. The van der Waals surface area contributed by atoms with Gasteiger partial charge in [0.15, 0.2) is 0 Å². The van der Waals surface area contributed by atoms with Crippen molar-refractivity contribution in [2.24, 2.45) is 0 Å². The van der Waals surface area contributed by atoms with Crippen LogP contribution in [0.4, 0.5) is 0 Å². The minimum Gasteiger partial charge on any atom is -0.300 e. The zero-order valence-corrected chi connectivity index (χ0v) is 9.47. The average Bonchev–Trinajstić information content (AvgIpc) is 2.33. The fourth-order valence-electron chi connectivity index (χ4n) is 1.50. The van der Waals surface area contributed by atoms with Crippen molar-refractivity contribution in [2.75, 3.05) is 13.1 Å². The molecule has 1 aliphatic heterocycles. The number of hydrogen-bond donors (Lipinski definition) is 0. The van der Waals surface area contributed by atoms with Crippen molar-refractivity contribution in [1.82, 2.24) is 4.90 Å². The first kappa shape index (κ1) is 12.6. The summed E-state index contributed by atoms with van der Waals surface area (Å²) in [6, 6.07) is 0.598. The topological polar surface area (TPSA) is 20.3 Å². The van der Waals surface area contributed by atoms with Gasteiger partial charge in [-0.1, -0.05) is 13.8 Å². The van der Waals surface area contributed by atoms with Crippen LogP contribution in [0.2, 0.25) is 0 Å². The fraction of sp³-hybridized carbons (Fsp3) is 0.909. The minimum atomic E-state index is 0.438. The van der Waals surface area contributed by atoms with Crippen molar-refractivity contribution in [1.29, 1.82) is 0 Å². The van der Waals surface area contributed by atoms with Crippen molar-refractivity contribution in [3.63, 3.8) is 0 Å². The van der Waals surface area contributed by atoms with Crippen molar-refractivity contribution >= 4 is 5.78 Å². The lowest BCUT2D eigenvalue weighted by Crippen LogP contribution is -2.31. The third-order valence-electron chi connectivity index (χ3n) is 2.31. The second-order valence-electron chi connectivity index (χ2n) is 3.52. The molecule has 78 valence electrons. The Labute approximate surface area is 82.3 Å². The first-order valence-corrected chi connectivity index (χ1v) is 5.46. The molecular formula is C11H23NO. The number of likely N-dealkylation sites (tertiary alicyclic amines) is 1. The minimum absolute atomic E-state index is 0.438. The normalized spacial score (nSPS) is 19.3. The molecule has 0 aromatic heterocycles. The van der Waals surface area contributed by atoms with Crippen molar-refractivity contribution in [3.05, 3.63) is 0 Å². The quantitative estimate of drug-likeness (QED) is 0.625. The van der Waals surface area contributed by atoms with Gasteiger partial charge in [-0.3, -0.25) is 4.79 Å². The second-order valence-corrected chi connectivity index (χ2v) is 3.52. The van der Waals surface area contributed by atoms with Gasteiger partial charge in [0.1, 0.15) is 5.78 Å². The van der Waals surface area contributed by atoms with Gasteiger partial charge in [0.25, 0.3) is 0 Å². The monoisotopic (exact) mass is 185 g/mol. The molecule has 1 heterocycles. The molecule has 1 rings (SSSR count). The fourth-order valence-corrected chi connectivity index (χ4v) is 1.50. The van der Waals surface area contributed by atoms with Gasteiger partial charge in [-0.25, -0.2) is 0 Å². The highest BCUT2D eigenvalue weighted by atomic mass is 16.1. The molecule has 0 radical (unpaired) electrons. The second kappa shape index (κ2) is 7.07. The summed E-state index contributed by atoms with van der Waals surface area (Å²) in [5.74, 6) is 0.438. The third kappa shape index (κ3) is 5.04. The van der Waals surface area contributed by atoms with Gasteiger partial charge in [-0.15, -0.1) is 0 Å². The van der Waals surface area contributed by atoms with Crippen LogP contribution < -0.4 is 0 Å². The molecule has 0 atom stereocenters. The van der Waals surface area contributed by atoms with Crippen LogP contribution in [0.25, 0.3) is 0 Å². The van der Waals surface area contributed by atoms with Crippen LogP contribution in [0.1, 0.15) is 47.0 Å². The number of ketones is 1. The largest absolute Gasteiger partial charge is 0.300 e. The van der Waals surface area contributed by atoms with Gasteiger partial charge in [0, 0.05) is 25.4 Å². The number of carbonyl (C=O) groups excluding carboxylic acids is 1. The number of nitrogens with zero attached hydrogens (tertiary/aromatic N) is 1. The van der Waals surface area contributed by atoms with Crippen molar-refractivity contribution in [2.45, 2.75) is 53.0 Å². The molecule has 0 aromatic rings. The zero-order chi connectivity index (χ0) is 10.3. The molecule has 1 aliphatic rings. The zero-order valence-electron chi connectivity index (χ0n) is 9.47. The van der Waals surface area contributed by atoms with Crippen LogP contribution in [0.15, 0.2) is 0 Å². The van der Waals surface area contributed by atoms with Crippen molar-refractivity contribution in [3.8, 4) is 0 Å². The first-order valence-electron chi connectivity index (χ1n) is 5.46. The van der Waals surface area contributed by atoms with E-state index in [9.17, 15) is 4.79 Å². The van der Waals surface area contributed by atoms with Gasteiger partial charge in [-0.2, -0.15) is 0 Å². The van der Waals surface area contributed by atoms with E-state index in [0.29, 0.717) is 11.8 Å². The van der Waals surface area contributed by atoms with E-state index < -0.39 is 0 Å². The molecule has 0 unspecified atom stereocenters. The van der Waals surface area contributed by atoms with Gasteiger partial charge in [-0.05, 0) is 26.8 Å². The van der Waals surface area contributed by atoms with Crippen LogP contribution >= 0.6 is 0 Å². The van der Waals surface area contributed by atoms with Gasteiger partial charge in [0.2, 0.25) is 0 Å². The van der Waals surface area contributed by atoms with Gasteiger partial charge >= 0.3 is 0 Å². The molecule has 2 nitrogen and oxygen atoms in total. The maximum absolute atomic E-state index is 11.0. The molecule has 0 N–H and O–H groups in total. The van der Waals surface area contributed by atoms with Gasteiger partial charge in [0.05, 0.1) is 0 Å². The highest BCUT2D eigenvalue weighted by Crippen LogP contribution is 2.09. The summed E-state index contributed by atoms with van der Waals surface area (Å²) < 4.78 is 0. The van der Waals surface area contributed by atoms with E-state index in [4.69, 9.17) is 0 Å². The molecule has 2 heteroatoms. The maximum Gasteiger partial charge on any atom is 0.134 e. The number of rotatable bonds is 1. The Morgan fingerprint density at radius 1 is 1.15 bits per heavy atom. The molecule has 0 saturated carbocycles. The number of carbonyl (C=O) groups is 1. The average molecular weight is 185 g/mol. The molecule has 13 heavy (non-hydrogen) atoms. The van der Waals surface area contributed by atoms with Crippen LogP contribution in [0.3, 0.4) is 0 Å². The Kier molecular flexibility index (Phi) is 6.87. The summed E-state index contributed by atoms with van der Waals surface area (Å²) in [5, 5.41) is 0. The molecular weight excluding hydrogens is 162 g/mol. The van der Waals surface area contributed by atoms with E-state index in [2.05, 4.69) is 18.7 Å². The first-order chi connectivity index (χ1) is 6.20. The molecule has 0 aromatic carbocycles. The maximum atomic E-state index is 11.0. The molecule has 0 spiro atoms. The predicted octanol–water partition coefficient (Wildman–Crippen LogP) is 2.48. The van der Waals surface area contributed by atoms with E-state index >= 15 is 0 Å². The smallest absolute Gasteiger partial charge is 0.134 e. The Bertz CT molecular complexity index is 143. The third-order valence-corrected chi connectivity index (χ3v) is 2.31. The van der Waals surface area contributed by atoms with E-state index in [1.54, 1.807) is 0 Å². The summed E-state index contributed by atoms with van der Waals surface area (Å²) in [4.78, 5) is 13.4. The summed E-state index contributed by atoms with van der Waals surface area (Å²) in [6.07, 6.45) is 2.61. The van der Waals surface area contributed by atoms with Gasteiger partial charge < -0.3 is 4.90 Å². The predicted molar refractivity (Wildman–Crippen MR) is 56.9 cm³/mol. The number of Topliss-reactive ketones (excluding diaryl/α,β-unsaturated/α-hetero) is 1. The van der Waals surface area contributed by atoms with E-state index in [-0.39, 0.29) is 0 Å². The molecule has 0 aliphatic carbocycles. The SMILES string of the molecule is CC.CC(C)N1CCCC(=O)CC1. The highest BCUT2D eigenvalue weighted by molar-refractivity contribution is 5.78. The van der Waals surface area contributed by atoms with E-state index in [1.165, 1.54) is 0 Å². The Hall–Kier alpha value is -0.370. The summed E-state index contributed by atoms with van der Waals surface area (Å²) in [6.45, 7) is 10.4. The Morgan fingerprint density at radius 2 is 1.77 bits per heavy atom. The lowest BCUT2D eigenvalue weighted by molar-refractivity contribution is -0.118.